The van der Waals surface area contributed by atoms with Crippen LogP contribution in [0.15, 0.2) is 6.07 Å². The van der Waals surface area contributed by atoms with Gasteiger partial charge in [-0.2, -0.15) is 0 Å². The van der Waals surface area contributed by atoms with Crippen molar-refractivity contribution in [2.24, 2.45) is 0 Å². The topological polar surface area (TPSA) is 67.1 Å². The molecule has 0 radical (unpaired) electrons. The van der Waals surface area contributed by atoms with Gasteiger partial charge in [0.05, 0.1) is 0 Å². The summed E-state index contributed by atoms with van der Waals surface area (Å²) >= 11 is 0. The molecule has 0 amide bonds. The zero-order valence-corrected chi connectivity index (χ0v) is 11.4. The summed E-state index contributed by atoms with van der Waals surface area (Å²) in [7, 11) is 4.13. The molecule has 1 aromatic rings. The predicted molar refractivity (Wildman–Crippen MR) is 72.1 cm³/mol. The quantitative estimate of drug-likeness (QED) is 0.809. The van der Waals surface area contributed by atoms with Gasteiger partial charge in [0, 0.05) is 24.6 Å². The van der Waals surface area contributed by atoms with Crippen molar-refractivity contribution in [3.8, 4) is 0 Å². The highest BCUT2D eigenvalue weighted by Crippen LogP contribution is 2.13. The summed E-state index contributed by atoms with van der Waals surface area (Å²) in [5.74, 6) is 2.08. The summed E-state index contributed by atoms with van der Waals surface area (Å²) < 4.78 is 0. The third-order valence-corrected chi connectivity index (χ3v) is 3.02. The fourth-order valence-electron chi connectivity index (χ4n) is 1.23. The normalized spacial score (nSPS) is 11.9. The number of likely N-dealkylation sites (N-methyl/N-ethyl adjacent to an activating group) is 1. The second-order valence-corrected chi connectivity index (χ2v) is 5.01. The molecule has 0 spiro atoms. The first kappa shape index (κ1) is 13.7. The molecule has 1 rings (SSSR count). The molecule has 0 saturated carbocycles. The van der Waals surface area contributed by atoms with E-state index in [0.717, 1.165) is 24.6 Å². The molecule has 1 heterocycles. The van der Waals surface area contributed by atoms with Crippen LogP contribution in [0.5, 0.6) is 0 Å². The van der Waals surface area contributed by atoms with Gasteiger partial charge in [-0.1, -0.05) is 6.92 Å². The molecule has 0 aliphatic carbocycles. The summed E-state index contributed by atoms with van der Waals surface area (Å²) in [6.45, 7) is 7.17. The van der Waals surface area contributed by atoms with Gasteiger partial charge < -0.3 is 16.0 Å². The van der Waals surface area contributed by atoms with Crippen LogP contribution >= 0.6 is 0 Å². The number of aryl methyl sites for hydroxylation is 1. The minimum atomic E-state index is 0.0616. The summed E-state index contributed by atoms with van der Waals surface area (Å²) in [6.07, 6.45) is 0.788. The van der Waals surface area contributed by atoms with Crippen molar-refractivity contribution >= 4 is 11.6 Å². The number of anilines is 2. The van der Waals surface area contributed by atoms with Crippen molar-refractivity contribution in [1.29, 1.82) is 0 Å². The van der Waals surface area contributed by atoms with Gasteiger partial charge in [0.2, 0.25) is 0 Å². The number of nitrogens with zero attached hydrogens (tertiary/aromatic N) is 3. The van der Waals surface area contributed by atoms with E-state index >= 15 is 0 Å². The molecule has 17 heavy (non-hydrogen) atoms. The molecular formula is C12H23N5. The van der Waals surface area contributed by atoms with Gasteiger partial charge in [0.15, 0.2) is 0 Å². The van der Waals surface area contributed by atoms with Gasteiger partial charge in [-0.3, -0.25) is 0 Å². The Labute approximate surface area is 103 Å². The van der Waals surface area contributed by atoms with Crippen molar-refractivity contribution in [2.75, 3.05) is 31.7 Å². The molecule has 0 unspecified atom stereocenters. The number of nitrogens with one attached hydrogen (secondary N) is 1. The van der Waals surface area contributed by atoms with E-state index in [1.165, 1.54) is 0 Å². The maximum atomic E-state index is 5.73. The summed E-state index contributed by atoms with van der Waals surface area (Å²) in [6, 6.07) is 1.77. The lowest BCUT2D eigenvalue weighted by Gasteiger charge is -2.32. The highest BCUT2D eigenvalue weighted by atomic mass is 15.2. The highest BCUT2D eigenvalue weighted by molar-refractivity contribution is 5.44. The molecule has 1 aromatic heterocycles. The monoisotopic (exact) mass is 237 g/mol. The minimum Gasteiger partial charge on any atom is -0.384 e. The van der Waals surface area contributed by atoms with Crippen LogP contribution in [-0.2, 0) is 6.42 Å². The van der Waals surface area contributed by atoms with Crippen LogP contribution in [0.1, 0.15) is 26.6 Å². The Bertz CT molecular complexity index is 373. The molecule has 0 bridgehead atoms. The van der Waals surface area contributed by atoms with Gasteiger partial charge in [-0.15, -0.1) is 0 Å². The molecule has 0 atom stereocenters. The number of hydrogen-bond donors (Lipinski definition) is 2. The Morgan fingerprint density at radius 1 is 1.35 bits per heavy atom. The van der Waals surface area contributed by atoms with Crippen molar-refractivity contribution in [2.45, 2.75) is 32.7 Å². The average Bonchev–Trinajstić information content (AvgIpc) is 2.25. The second kappa shape index (κ2) is 5.31. The molecule has 5 heteroatoms. The SMILES string of the molecule is CCc1nc(N)cc(NCC(C)(C)N(C)C)n1. The van der Waals surface area contributed by atoms with E-state index in [4.69, 9.17) is 5.73 Å². The largest absolute Gasteiger partial charge is 0.384 e. The van der Waals surface area contributed by atoms with Crippen LogP contribution in [0.25, 0.3) is 0 Å². The maximum Gasteiger partial charge on any atom is 0.132 e. The third-order valence-electron chi connectivity index (χ3n) is 3.02. The molecule has 0 saturated heterocycles. The van der Waals surface area contributed by atoms with E-state index in [0.29, 0.717) is 5.82 Å². The van der Waals surface area contributed by atoms with Gasteiger partial charge in [-0.25, -0.2) is 9.97 Å². The first-order valence-corrected chi connectivity index (χ1v) is 5.90. The van der Waals surface area contributed by atoms with Crippen LogP contribution in [0.3, 0.4) is 0 Å². The fourth-order valence-corrected chi connectivity index (χ4v) is 1.23. The molecule has 0 aromatic carbocycles. The molecule has 0 aliphatic heterocycles. The molecule has 0 aliphatic rings. The van der Waals surface area contributed by atoms with Crippen LogP contribution in [0.4, 0.5) is 11.6 Å². The van der Waals surface area contributed by atoms with Crippen molar-refractivity contribution < 1.29 is 0 Å². The van der Waals surface area contributed by atoms with Crippen LogP contribution in [-0.4, -0.2) is 41.0 Å². The number of rotatable bonds is 5. The van der Waals surface area contributed by atoms with Gasteiger partial charge in [0.25, 0.3) is 0 Å². The zero-order valence-electron chi connectivity index (χ0n) is 11.4. The van der Waals surface area contributed by atoms with Crippen molar-refractivity contribution in [3.05, 3.63) is 11.9 Å². The summed E-state index contributed by atoms with van der Waals surface area (Å²) in [4.78, 5) is 10.7. The first-order valence-electron chi connectivity index (χ1n) is 5.90. The number of nitrogen functional groups attached to an aromatic ring is 1. The van der Waals surface area contributed by atoms with E-state index in [9.17, 15) is 0 Å². The van der Waals surface area contributed by atoms with Crippen LogP contribution in [0, 0.1) is 0 Å². The predicted octanol–water partition coefficient (Wildman–Crippen LogP) is 1.37. The van der Waals surface area contributed by atoms with E-state index in [-0.39, 0.29) is 5.54 Å². The van der Waals surface area contributed by atoms with Crippen molar-refractivity contribution in [1.82, 2.24) is 14.9 Å². The number of hydrogen-bond acceptors (Lipinski definition) is 5. The molecule has 5 nitrogen and oxygen atoms in total. The zero-order chi connectivity index (χ0) is 13.1. The minimum absolute atomic E-state index is 0.0616. The Hall–Kier alpha value is -1.36. The Balaban J connectivity index is 2.72. The van der Waals surface area contributed by atoms with Gasteiger partial charge in [0.1, 0.15) is 17.5 Å². The van der Waals surface area contributed by atoms with Crippen LogP contribution < -0.4 is 11.1 Å². The summed E-state index contributed by atoms with van der Waals surface area (Å²) in [5, 5.41) is 3.31. The Morgan fingerprint density at radius 3 is 2.53 bits per heavy atom. The van der Waals surface area contributed by atoms with E-state index in [2.05, 4.69) is 48.1 Å². The first-order chi connectivity index (χ1) is 7.85. The lowest BCUT2D eigenvalue weighted by molar-refractivity contribution is 0.210. The smallest absolute Gasteiger partial charge is 0.132 e. The summed E-state index contributed by atoms with van der Waals surface area (Å²) in [5.41, 5.74) is 5.79. The molecule has 0 fully saturated rings. The maximum absolute atomic E-state index is 5.73. The lowest BCUT2D eigenvalue weighted by Crippen LogP contribution is -2.44. The second-order valence-electron chi connectivity index (χ2n) is 5.01. The highest BCUT2D eigenvalue weighted by Gasteiger charge is 2.20. The van der Waals surface area contributed by atoms with Gasteiger partial charge in [-0.05, 0) is 27.9 Å². The Morgan fingerprint density at radius 2 is 2.00 bits per heavy atom. The number of aromatic nitrogens is 2. The van der Waals surface area contributed by atoms with E-state index < -0.39 is 0 Å². The molecular weight excluding hydrogens is 214 g/mol. The Kier molecular flexibility index (Phi) is 4.28. The average molecular weight is 237 g/mol. The molecule has 3 N–H and O–H groups in total. The fraction of sp³-hybridized carbons (Fsp3) is 0.667. The number of nitrogens with two attached hydrogens (primary N) is 1. The van der Waals surface area contributed by atoms with Gasteiger partial charge >= 0.3 is 0 Å². The van der Waals surface area contributed by atoms with E-state index in [1.54, 1.807) is 6.07 Å². The van der Waals surface area contributed by atoms with Crippen molar-refractivity contribution in [3.63, 3.8) is 0 Å². The molecule has 96 valence electrons. The lowest BCUT2D eigenvalue weighted by atomic mass is 10.0. The van der Waals surface area contributed by atoms with Crippen LogP contribution in [0.2, 0.25) is 0 Å². The standard InChI is InChI=1S/C12H23N5/c1-6-10-15-9(13)7-11(16-10)14-8-12(2,3)17(4)5/h7H,6,8H2,1-5H3,(H3,13,14,15,16). The van der Waals surface area contributed by atoms with E-state index in [1.807, 2.05) is 6.92 Å². The third kappa shape index (κ3) is 3.85.